The number of halogens is 3. The number of nitrogens with zero attached hydrogens (tertiary/aromatic N) is 2. The molecular weight excluding hydrogens is 443 g/mol. The molecule has 2 heterocycles. The maximum absolute atomic E-state index is 12.5. The molecular formula is C26H32F3N3O2. The maximum Gasteiger partial charge on any atom is 0.409 e. The molecule has 1 atom stereocenters. The number of carbonyl (C=O) groups excluding carboxylic acids is 1. The van der Waals surface area contributed by atoms with Gasteiger partial charge in [0.15, 0.2) is 5.76 Å². The molecule has 0 saturated carbocycles. The van der Waals surface area contributed by atoms with Crippen molar-refractivity contribution < 1.29 is 22.4 Å². The van der Waals surface area contributed by atoms with Gasteiger partial charge in [-0.15, -0.1) is 0 Å². The van der Waals surface area contributed by atoms with E-state index in [1.54, 1.807) is 0 Å². The number of allylic oxidation sites excluding steroid dienone is 5. The molecule has 8 heteroatoms. The predicted octanol–water partition coefficient (Wildman–Crippen LogP) is 6.39. The third-order valence-corrected chi connectivity index (χ3v) is 5.25. The summed E-state index contributed by atoms with van der Waals surface area (Å²) in [5.74, 6) is -0.362. The summed E-state index contributed by atoms with van der Waals surface area (Å²) in [5.41, 5.74) is 1.84. The lowest BCUT2D eigenvalue weighted by molar-refractivity contribution is -0.0797. The van der Waals surface area contributed by atoms with Gasteiger partial charge in [-0.1, -0.05) is 32.6 Å². The first kappa shape index (κ1) is 27.0. The van der Waals surface area contributed by atoms with E-state index in [-0.39, 0.29) is 23.2 Å². The fourth-order valence-corrected chi connectivity index (χ4v) is 3.49. The number of carbonyl (C=O) groups is 1. The van der Waals surface area contributed by atoms with Crippen LogP contribution in [0.25, 0.3) is 5.57 Å². The number of alkyl halides is 3. The molecule has 1 saturated heterocycles. The summed E-state index contributed by atoms with van der Waals surface area (Å²) in [6, 6.07) is 10.9. The van der Waals surface area contributed by atoms with Crippen molar-refractivity contribution in [1.29, 1.82) is 0 Å². The number of hydrogen-bond donors (Lipinski definition) is 1. The van der Waals surface area contributed by atoms with Crippen LogP contribution in [-0.2, 0) is 0 Å². The van der Waals surface area contributed by atoms with Crippen molar-refractivity contribution in [3.63, 3.8) is 0 Å². The number of likely N-dealkylation sites (N-methyl/N-ethyl adjacent to an activating group) is 1. The van der Waals surface area contributed by atoms with Crippen LogP contribution in [0, 0.1) is 0 Å². The number of benzene rings is 1. The Morgan fingerprint density at radius 1 is 1.15 bits per heavy atom. The molecule has 1 unspecified atom stereocenters. The molecule has 1 aliphatic heterocycles. The molecule has 5 nitrogen and oxygen atoms in total. The Labute approximate surface area is 199 Å². The molecule has 1 amide bonds. The van der Waals surface area contributed by atoms with Gasteiger partial charge in [0.1, 0.15) is 5.76 Å². The van der Waals surface area contributed by atoms with Crippen LogP contribution >= 0.6 is 0 Å². The van der Waals surface area contributed by atoms with Crippen molar-refractivity contribution in [1.82, 2.24) is 4.90 Å². The highest BCUT2D eigenvalue weighted by molar-refractivity contribution is 6.02. The molecule has 0 spiro atoms. The normalized spacial score (nSPS) is 16.5. The van der Waals surface area contributed by atoms with Crippen molar-refractivity contribution in [2.24, 2.45) is 0 Å². The van der Waals surface area contributed by atoms with Crippen LogP contribution < -0.4 is 10.2 Å². The van der Waals surface area contributed by atoms with Gasteiger partial charge in [0.25, 0.3) is 5.91 Å². The summed E-state index contributed by atoms with van der Waals surface area (Å²) in [4.78, 5) is 17.1. The molecule has 34 heavy (non-hydrogen) atoms. The van der Waals surface area contributed by atoms with Crippen LogP contribution in [0.5, 0.6) is 0 Å². The van der Waals surface area contributed by atoms with Gasteiger partial charge in [0, 0.05) is 42.2 Å². The Hall–Kier alpha value is -3.26. The molecule has 184 valence electrons. The lowest BCUT2D eigenvalue weighted by Gasteiger charge is -2.22. The average molecular weight is 476 g/mol. The molecule has 1 aliphatic rings. The largest absolute Gasteiger partial charge is 0.451 e. The van der Waals surface area contributed by atoms with Gasteiger partial charge >= 0.3 is 6.18 Å². The lowest BCUT2D eigenvalue weighted by atomic mass is 10.1. The highest BCUT2D eigenvalue weighted by atomic mass is 19.4. The summed E-state index contributed by atoms with van der Waals surface area (Å²) < 4.78 is 42.9. The first-order chi connectivity index (χ1) is 16.2. The van der Waals surface area contributed by atoms with E-state index in [2.05, 4.69) is 35.8 Å². The molecule has 1 fully saturated rings. The molecule has 1 aromatic carbocycles. The van der Waals surface area contributed by atoms with E-state index in [0.717, 1.165) is 31.3 Å². The molecule has 0 radical (unpaired) electrons. The first-order valence-electron chi connectivity index (χ1n) is 11.2. The molecule has 0 bridgehead atoms. The summed E-state index contributed by atoms with van der Waals surface area (Å²) in [6.07, 6.45) is 0.351. The van der Waals surface area contributed by atoms with Crippen LogP contribution in [0.2, 0.25) is 0 Å². The van der Waals surface area contributed by atoms with Gasteiger partial charge in [0.2, 0.25) is 0 Å². The van der Waals surface area contributed by atoms with Gasteiger partial charge in [-0.05, 0) is 63.0 Å². The van der Waals surface area contributed by atoms with Gasteiger partial charge in [-0.2, -0.15) is 13.2 Å². The topological polar surface area (TPSA) is 48.7 Å². The van der Waals surface area contributed by atoms with Crippen LogP contribution in [-0.4, -0.2) is 50.2 Å². The van der Waals surface area contributed by atoms with Gasteiger partial charge in [-0.25, -0.2) is 0 Å². The lowest BCUT2D eigenvalue weighted by Crippen LogP contribution is -2.31. The Morgan fingerprint density at radius 3 is 2.35 bits per heavy atom. The van der Waals surface area contributed by atoms with Crippen LogP contribution in [0.4, 0.5) is 24.5 Å². The van der Waals surface area contributed by atoms with Gasteiger partial charge in [-0.3, -0.25) is 4.79 Å². The summed E-state index contributed by atoms with van der Waals surface area (Å²) >= 11 is 0. The Kier molecular flexibility index (Phi) is 9.74. The van der Waals surface area contributed by atoms with Crippen LogP contribution in [0.1, 0.15) is 36.6 Å². The fourth-order valence-electron chi connectivity index (χ4n) is 3.49. The summed E-state index contributed by atoms with van der Waals surface area (Å²) in [7, 11) is 4.16. The van der Waals surface area contributed by atoms with Crippen molar-refractivity contribution in [2.45, 2.75) is 32.5 Å². The van der Waals surface area contributed by atoms with Crippen LogP contribution in [0.15, 0.2) is 71.7 Å². The number of hydrogen-bond acceptors (Lipinski definition) is 4. The van der Waals surface area contributed by atoms with E-state index in [0.29, 0.717) is 11.7 Å². The fraction of sp³-hybridized carbons (Fsp3) is 0.346. The third kappa shape index (κ3) is 7.66. The van der Waals surface area contributed by atoms with E-state index < -0.39 is 12.1 Å². The van der Waals surface area contributed by atoms with E-state index in [9.17, 15) is 18.0 Å². The van der Waals surface area contributed by atoms with Crippen molar-refractivity contribution >= 4 is 22.9 Å². The summed E-state index contributed by atoms with van der Waals surface area (Å²) in [5, 5.41) is 2.75. The minimum Gasteiger partial charge on any atom is -0.451 e. The second kappa shape index (κ2) is 12.3. The van der Waals surface area contributed by atoms with Crippen molar-refractivity contribution in [2.75, 3.05) is 37.4 Å². The van der Waals surface area contributed by atoms with E-state index in [1.165, 1.54) is 24.3 Å². The smallest absolute Gasteiger partial charge is 0.409 e. The zero-order chi connectivity index (χ0) is 25.3. The highest BCUT2D eigenvalue weighted by Crippen LogP contribution is 2.26. The first-order valence-corrected chi connectivity index (χ1v) is 11.2. The highest BCUT2D eigenvalue weighted by Gasteiger charge is 2.24. The van der Waals surface area contributed by atoms with Crippen LogP contribution in [0.3, 0.4) is 0 Å². The molecule has 1 aromatic heterocycles. The number of anilines is 2. The van der Waals surface area contributed by atoms with Gasteiger partial charge < -0.3 is 19.5 Å². The van der Waals surface area contributed by atoms with Crippen molar-refractivity contribution in [3.05, 3.63) is 78.8 Å². The zero-order valence-electron chi connectivity index (χ0n) is 20.0. The van der Waals surface area contributed by atoms with Gasteiger partial charge in [0.05, 0.1) is 0 Å². The average Bonchev–Trinajstić information content (AvgIpc) is 3.48. The molecule has 3 rings (SSSR count). The second-order valence-electron chi connectivity index (χ2n) is 7.75. The standard InChI is InChI=1S/C24H26F3N3O2.C2H6/c1-4-5-17(12-14-24(25,26)27)21-10-11-22(32-21)23(31)28-18-6-8-19(9-7-18)30-15-13-20(16-30)29(2)3;1-2/h4-12,14,20H,1,13,15-16H2,2-3H3,(H,28,31);1-2H3/b14-12+,17-5+;. The van der Waals surface area contributed by atoms with E-state index >= 15 is 0 Å². The number of rotatable bonds is 7. The Balaban J connectivity index is 0.00000199. The summed E-state index contributed by atoms with van der Waals surface area (Å²) in [6.45, 7) is 9.43. The second-order valence-corrected chi connectivity index (χ2v) is 7.75. The number of nitrogens with one attached hydrogen (secondary N) is 1. The zero-order valence-corrected chi connectivity index (χ0v) is 20.0. The monoisotopic (exact) mass is 475 g/mol. The SMILES string of the molecule is C=C/C=C(\C=C\C(F)(F)F)c1ccc(C(=O)Nc2ccc(N3CCC(N(C)C)C3)cc2)o1.CC. The molecule has 2 aromatic rings. The Morgan fingerprint density at radius 2 is 1.79 bits per heavy atom. The minimum absolute atomic E-state index is 0.00665. The maximum atomic E-state index is 12.5. The minimum atomic E-state index is -4.46. The molecule has 1 N–H and O–H groups in total. The predicted molar refractivity (Wildman–Crippen MR) is 132 cm³/mol. The quantitative estimate of drug-likeness (QED) is 0.472. The number of amides is 1. The van der Waals surface area contributed by atoms with E-state index in [1.807, 2.05) is 38.1 Å². The van der Waals surface area contributed by atoms with Crippen molar-refractivity contribution in [3.8, 4) is 0 Å². The van der Waals surface area contributed by atoms with E-state index in [4.69, 9.17) is 4.42 Å². The number of furan rings is 1. The third-order valence-electron chi connectivity index (χ3n) is 5.25. The molecule has 0 aliphatic carbocycles. The Bertz CT molecular complexity index is 1010.